The van der Waals surface area contributed by atoms with Crippen LogP contribution < -0.4 is 5.32 Å². The van der Waals surface area contributed by atoms with Gasteiger partial charge >= 0.3 is 0 Å². The molecule has 2 rings (SSSR count). The van der Waals surface area contributed by atoms with Crippen molar-refractivity contribution in [2.45, 2.75) is 19.4 Å². The molecule has 1 N–H and O–H groups in total. The van der Waals surface area contributed by atoms with Gasteiger partial charge in [0.05, 0.1) is 18.3 Å². The molecule has 0 bridgehead atoms. The molecule has 1 unspecified atom stereocenters. The van der Waals surface area contributed by atoms with E-state index in [1.165, 1.54) is 0 Å². The molecule has 5 nitrogen and oxygen atoms in total. The number of hydrogen-bond donors (Lipinski definition) is 1. The first-order valence-corrected chi connectivity index (χ1v) is 5.57. The van der Waals surface area contributed by atoms with E-state index in [1.807, 2.05) is 11.1 Å². The molecular formula is C11H17N3O2. The Morgan fingerprint density at radius 1 is 1.56 bits per heavy atom. The van der Waals surface area contributed by atoms with Gasteiger partial charge in [0.2, 0.25) is 0 Å². The van der Waals surface area contributed by atoms with Gasteiger partial charge in [-0.05, 0) is 13.5 Å². The van der Waals surface area contributed by atoms with Crippen molar-refractivity contribution in [3.05, 3.63) is 11.8 Å². The van der Waals surface area contributed by atoms with Gasteiger partial charge in [-0.25, -0.2) is 5.01 Å². The summed E-state index contributed by atoms with van der Waals surface area (Å²) in [6.07, 6.45) is 2.79. The number of nitrogens with one attached hydrogen (secondary N) is 1. The summed E-state index contributed by atoms with van der Waals surface area (Å²) >= 11 is 0. The minimum atomic E-state index is -0.109. The van der Waals surface area contributed by atoms with Crippen molar-refractivity contribution in [1.29, 1.82) is 0 Å². The molecular weight excluding hydrogens is 206 g/mol. The minimum Gasteiger partial charge on any atom is -0.309 e. The average Bonchev–Trinajstić information content (AvgIpc) is 2.27. The summed E-state index contributed by atoms with van der Waals surface area (Å²) in [6.45, 7) is 3.38. The number of hydrogen-bond acceptors (Lipinski definition) is 5. The summed E-state index contributed by atoms with van der Waals surface area (Å²) in [5, 5.41) is 6.91. The van der Waals surface area contributed by atoms with Crippen LogP contribution in [-0.4, -0.2) is 54.3 Å². The molecule has 0 aliphatic carbocycles. The van der Waals surface area contributed by atoms with E-state index < -0.39 is 0 Å². The first kappa shape index (κ1) is 11.3. The Hall–Kier alpha value is -1.20. The van der Waals surface area contributed by atoms with Crippen LogP contribution >= 0.6 is 0 Å². The van der Waals surface area contributed by atoms with Gasteiger partial charge < -0.3 is 5.32 Å². The Kier molecular flexibility index (Phi) is 3.07. The largest absolute Gasteiger partial charge is 0.309 e. The van der Waals surface area contributed by atoms with Crippen molar-refractivity contribution in [3.63, 3.8) is 0 Å². The van der Waals surface area contributed by atoms with Crippen molar-refractivity contribution < 1.29 is 9.59 Å². The van der Waals surface area contributed by atoms with Crippen LogP contribution in [0.2, 0.25) is 0 Å². The van der Waals surface area contributed by atoms with Gasteiger partial charge in [-0.15, -0.1) is 0 Å². The second-order valence-corrected chi connectivity index (χ2v) is 4.21. The topological polar surface area (TPSA) is 52.7 Å². The molecule has 1 saturated heterocycles. The molecule has 16 heavy (non-hydrogen) atoms. The van der Waals surface area contributed by atoms with Crippen LogP contribution in [0.25, 0.3) is 0 Å². The maximum atomic E-state index is 11.8. The van der Waals surface area contributed by atoms with E-state index in [0.717, 1.165) is 13.0 Å². The lowest BCUT2D eigenvalue weighted by atomic mass is 10.1. The van der Waals surface area contributed by atoms with E-state index in [-0.39, 0.29) is 17.6 Å². The Morgan fingerprint density at radius 3 is 2.94 bits per heavy atom. The van der Waals surface area contributed by atoms with Crippen molar-refractivity contribution in [3.8, 4) is 0 Å². The second-order valence-electron chi connectivity index (χ2n) is 4.21. The molecule has 0 radical (unpaired) electrons. The smallest absolute Gasteiger partial charge is 0.176 e. The molecule has 1 fully saturated rings. The van der Waals surface area contributed by atoms with Gasteiger partial charge in [-0.2, -0.15) is 0 Å². The third kappa shape index (κ3) is 1.88. The molecule has 1 atom stereocenters. The van der Waals surface area contributed by atoms with Crippen molar-refractivity contribution in [2.24, 2.45) is 0 Å². The third-order valence-corrected chi connectivity index (χ3v) is 3.14. The number of ketones is 2. The highest BCUT2D eigenvalue weighted by molar-refractivity contribution is 5.94. The quantitative estimate of drug-likeness (QED) is 0.687. The Balaban J connectivity index is 2.19. The van der Waals surface area contributed by atoms with E-state index >= 15 is 0 Å². The summed E-state index contributed by atoms with van der Waals surface area (Å²) in [5.41, 5.74) is 0.661. The number of nitrogens with zero attached hydrogens (tertiary/aromatic N) is 2. The molecule has 0 aromatic carbocycles. The lowest BCUT2D eigenvalue weighted by Gasteiger charge is -2.44. The predicted octanol–water partition coefficient (Wildman–Crippen LogP) is -0.447. The zero-order valence-corrected chi connectivity index (χ0v) is 9.69. The van der Waals surface area contributed by atoms with Crippen molar-refractivity contribution in [2.75, 3.05) is 26.7 Å². The highest BCUT2D eigenvalue weighted by Crippen LogP contribution is 2.21. The molecule has 0 aromatic rings. The summed E-state index contributed by atoms with van der Waals surface area (Å²) in [7, 11) is 1.80. The number of likely N-dealkylation sites (N-methyl/N-ethyl adjacent to an activating group) is 1. The Morgan fingerprint density at radius 2 is 2.31 bits per heavy atom. The normalized spacial score (nSPS) is 26.4. The summed E-state index contributed by atoms with van der Waals surface area (Å²) in [4.78, 5) is 23.2. The van der Waals surface area contributed by atoms with Crippen molar-refractivity contribution >= 4 is 11.6 Å². The van der Waals surface area contributed by atoms with Gasteiger partial charge in [0.25, 0.3) is 0 Å². The maximum absolute atomic E-state index is 11.8. The maximum Gasteiger partial charge on any atom is 0.176 e. The molecule has 88 valence electrons. The molecule has 2 heterocycles. The van der Waals surface area contributed by atoms with Crippen LogP contribution in [0.4, 0.5) is 0 Å². The highest BCUT2D eigenvalue weighted by atomic mass is 16.1. The number of hydrazine groups is 1. The lowest BCUT2D eigenvalue weighted by molar-refractivity contribution is -0.137. The summed E-state index contributed by atoms with van der Waals surface area (Å²) < 4.78 is 0. The van der Waals surface area contributed by atoms with Crippen LogP contribution in [-0.2, 0) is 9.59 Å². The number of Topliss-reactive ketones (excluding diaryl/α,β-unsaturated/α-hetero) is 2. The number of carbonyl (C=O) groups is 2. The van der Waals surface area contributed by atoms with Gasteiger partial charge in [-0.1, -0.05) is 6.08 Å². The summed E-state index contributed by atoms with van der Waals surface area (Å²) in [6, 6.07) is -0.109. The molecule has 0 aromatic heterocycles. The number of allylic oxidation sites excluding steroid dienone is 1. The van der Waals surface area contributed by atoms with Crippen LogP contribution in [0, 0.1) is 0 Å². The first-order chi connectivity index (χ1) is 7.63. The van der Waals surface area contributed by atoms with E-state index in [1.54, 1.807) is 14.0 Å². The fourth-order valence-electron chi connectivity index (χ4n) is 2.25. The molecule has 0 spiro atoms. The average molecular weight is 223 g/mol. The lowest BCUT2D eigenvalue weighted by Crippen LogP contribution is -2.61. The summed E-state index contributed by atoms with van der Waals surface area (Å²) in [5.74, 6) is 0.174. The van der Waals surface area contributed by atoms with Crippen LogP contribution in [0.5, 0.6) is 0 Å². The van der Waals surface area contributed by atoms with Crippen LogP contribution in [0.1, 0.15) is 13.3 Å². The van der Waals surface area contributed by atoms with Crippen LogP contribution in [0.3, 0.4) is 0 Å². The van der Waals surface area contributed by atoms with E-state index in [2.05, 4.69) is 10.3 Å². The minimum absolute atomic E-state index is 0.0282. The second kappa shape index (κ2) is 4.35. The predicted molar refractivity (Wildman–Crippen MR) is 59.5 cm³/mol. The fraction of sp³-hybridized carbons (Fsp3) is 0.636. The zero-order chi connectivity index (χ0) is 11.7. The van der Waals surface area contributed by atoms with E-state index in [9.17, 15) is 9.59 Å². The Bertz CT molecular complexity index is 351. The van der Waals surface area contributed by atoms with Crippen molar-refractivity contribution in [1.82, 2.24) is 15.3 Å². The monoisotopic (exact) mass is 223 g/mol. The molecule has 5 heteroatoms. The zero-order valence-electron chi connectivity index (χ0n) is 9.69. The SMILES string of the molecule is CNC1CN2CCC=C(C(C)=O)N2CC1=O. The van der Waals surface area contributed by atoms with Gasteiger partial charge in [0.1, 0.15) is 0 Å². The molecule has 2 aliphatic rings. The number of rotatable bonds is 2. The molecule has 0 saturated carbocycles. The van der Waals surface area contributed by atoms with Gasteiger partial charge in [0, 0.05) is 20.0 Å². The van der Waals surface area contributed by atoms with Gasteiger partial charge in [0.15, 0.2) is 11.6 Å². The highest BCUT2D eigenvalue weighted by Gasteiger charge is 2.35. The third-order valence-electron chi connectivity index (χ3n) is 3.14. The first-order valence-electron chi connectivity index (χ1n) is 5.57. The molecule has 2 aliphatic heterocycles. The Labute approximate surface area is 95.1 Å². The van der Waals surface area contributed by atoms with Crippen LogP contribution in [0.15, 0.2) is 11.8 Å². The number of fused-ring (bicyclic) bond motifs is 1. The van der Waals surface area contributed by atoms with Gasteiger partial charge in [-0.3, -0.25) is 14.6 Å². The van der Waals surface area contributed by atoms with E-state index in [0.29, 0.717) is 18.8 Å². The van der Waals surface area contributed by atoms with E-state index in [4.69, 9.17) is 0 Å². The fourth-order valence-corrected chi connectivity index (χ4v) is 2.25. The number of carbonyl (C=O) groups excluding carboxylic acids is 2. The molecule has 0 amide bonds. The standard InChI is InChI=1S/C11H17N3O2/c1-8(15)10-4-3-5-13-6-9(12-2)11(16)7-14(10)13/h4,9,12H,3,5-7H2,1-2H3.